The van der Waals surface area contributed by atoms with Crippen molar-refractivity contribution in [2.45, 2.75) is 130 Å². The van der Waals surface area contributed by atoms with E-state index in [1.807, 2.05) is 94.1 Å². The largest absolute Gasteiger partial charge is 0.457 e. The van der Waals surface area contributed by atoms with E-state index in [2.05, 4.69) is 146 Å². The van der Waals surface area contributed by atoms with Gasteiger partial charge in [-0.1, -0.05) is 246 Å². The fourth-order valence-corrected chi connectivity index (χ4v) is 31.1. The third-order valence-corrected chi connectivity index (χ3v) is 32.8. The van der Waals surface area contributed by atoms with Gasteiger partial charge in [-0.2, -0.15) is 0 Å². The van der Waals surface area contributed by atoms with Crippen LogP contribution in [-0.2, 0) is 0 Å². The first-order valence-corrected chi connectivity index (χ1v) is 35.4. The minimum atomic E-state index is 0.939. The van der Waals surface area contributed by atoms with Gasteiger partial charge < -0.3 is 4.42 Å². The molecule has 6 aliphatic rings. The van der Waals surface area contributed by atoms with Gasteiger partial charge in [0.15, 0.2) is 0 Å². The van der Waals surface area contributed by atoms with E-state index in [9.17, 15) is 0 Å². The highest BCUT2D eigenvalue weighted by Gasteiger charge is 2.36. The number of thioether (sulfide) groups is 16. The zero-order chi connectivity index (χ0) is 42.2. The van der Waals surface area contributed by atoms with Crippen molar-refractivity contribution in [2.24, 2.45) is 0 Å². The molecule has 61 heavy (non-hydrogen) atoms. The van der Waals surface area contributed by atoms with Crippen molar-refractivity contribution in [3.8, 4) is 0 Å². The molecule has 0 unspecified atom stereocenters. The standard InChI is InChI=1S/C44H56OS16/c1-5-9-13-17-23-46-33-34(47-24-18-14-10-6-2)55-41(54-33)43-58-37-38(59-43)51-31(50-37)27-29-21-22-30(45-29)28-32-52-39-40(53-32)61-44(60-39)42-56-35(48-25-19-15-11-7-3)36(57-42)49-26-20-16-12-8-4/h21-22,27-28H,5-20,23-26H2,1-4H3. The Morgan fingerprint density at radius 3 is 0.885 bits per heavy atom. The lowest BCUT2D eigenvalue weighted by Gasteiger charge is -2.06. The molecular formula is C44H56OS16. The van der Waals surface area contributed by atoms with Gasteiger partial charge in [-0.15, -0.1) is 47.0 Å². The summed E-state index contributed by atoms with van der Waals surface area (Å²) < 4.78 is 27.0. The zero-order valence-corrected chi connectivity index (χ0v) is 48.5. The molecule has 1 nitrogen and oxygen atoms in total. The molecule has 0 aliphatic carbocycles. The second-order valence-corrected chi connectivity index (χ2v) is 34.9. The van der Waals surface area contributed by atoms with E-state index in [1.54, 1.807) is 16.9 Å². The van der Waals surface area contributed by atoms with Crippen LogP contribution in [0.5, 0.6) is 0 Å². The predicted molar refractivity (Wildman–Crippen MR) is 314 cm³/mol. The molecular weight excluding hydrogens is 1060 g/mol. The van der Waals surface area contributed by atoms with Crippen LogP contribution >= 0.6 is 188 Å². The van der Waals surface area contributed by atoms with Crippen LogP contribution in [0.25, 0.3) is 12.2 Å². The molecule has 0 fully saturated rings. The summed E-state index contributed by atoms with van der Waals surface area (Å²) in [5, 5.41) is 0. The lowest BCUT2D eigenvalue weighted by atomic mass is 10.2. The summed E-state index contributed by atoms with van der Waals surface area (Å²) in [6, 6.07) is 4.27. The van der Waals surface area contributed by atoms with Crippen molar-refractivity contribution in [2.75, 3.05) is 23.0 Å². The number of hydrogen-bond donors (Lipinski definition) is 0. The van der Waals surface area contributed by atoms with E-state index in [0.29, 0.717) is 0 Å². The predicted octanol–water partition coefficient (Wildman–Crippen LogP) is 22.8. The van der Waals surface area contributed by atoms with E-state index >= 15 is 0 Å². The van der Waals surface area contributed by atoms with Gasteiger partial charge in [0.1, 0.15) is 11.5 Å². The SMILES string of the molecule is CCCCCCSC1=C(SCCCCCC)SC(=C2SC3=C(SC(=Cc4ccc(C=C5SC6=C(S5)SC(=C5SC(SCCCCCC)=C(SCCCCCC)S5)S6)o4)S3)S2)S1. The third kappa shape index (κ3) is 16.2. The Morgan fingerprint density at radius 1 is 0.344 bits per heavy atom. The number of hydrogen-bond acceptors (Lipinski definition) is 17. The lowest BCUT2D eigenvalue weighted by molar-refractivity contribution is 0.547. The Labute approximate surface area is 435 Å². The molecule has 0 radical (unpaired) electrons. The monoisotopic (exact) mass is 1110 g/mol. The van der Waals surface area contributed by atoms with Crippen LogP contribution in [0.2, 0.25) is 0 Å². The van der Waals surface area contributed by atoms with Crippen molar-refractivity contribution < 1.29 is 4.42 Å². The molecule has 0 aromatic carbocycles. The maximum absolute atomic E-state index is 6.40. The second kappa shape index (κ2) is 28.5. The van der Waals surface area contributed by atoms with Crippen molar-refractivity contribution in [1.29, 1.82) is 0 Å². The fraction of sp³-hybridized carbons (Fsp3) is 0.545. The van der Waals surface area contributed by atoms with Crippen LogP contribution in [0.1, 0.15) is 142 Å². The molecule has 0 bridgehead atoms. The maximum atomic E-state index is 6.40. The minimum Gasteiger partial charge on any atom is -0.457 e. The van der Waals surface area contributed by atoms with Gasteiger partial charge in [-0.3, -0.25) is 0 Å². The normalized spacial score (nSPS) is 19.1. The van der Waals surface area contributed by atoms with Crippen LogP contribution < -0.4 is 0 Å². The van der Waals surface area contributed by atoms with Gasteiger partial charge in [0, 0.05) is 12.2 Å². The summed E-state index contributed by atoms with van der Waals surface area (Å²) in [5.41, 5.74) is 0. The summed E-state index contributed by atoms with van der Waals surface area (Å²) in [6.45, 7) is 9.21. The molecule has 0 amide bonds. The molecule has 0 atom stereocenters. The number of furan rings is 1. The van der Waals surface area contributed by atoms with Crippen molar-refractivity contribution in [3.63, 3.8) is 0 Å². The first-order valence-electron chi connectivity index (χ1n) is 21.7. The summed E-state index contributed by atoms with van der Waals surface area (Å²) in [4.78, 5) is 0. The van der Waals surface area contributed by atoms with Crippen molar-refractivity contribution in [3.05, 3.63) is 83.0 Å². The summed E-state index contributed by atoms with van der Waals surface area (Å²) >= 11 is 32.3. The lowest BCUT2D eigenvalue weighted by Crippen LogP contribution is -1.83. The molecule has 6 aliphatic heterocycles. The number of rotatable bonds is 26. The minimum absolute atomic E-state index is 0.939. The van der Waals surface area contributed by atoms with E-state index in [1.165, 1.54) is 168 Å². The Hall–Kier alpha value is 2.80. The van der Waals surface area contributed by atoms with Gasteiger partial charge in [0.25, 0.3) is 0 Å². The van der Waals surface area contributed by atoms with Crippen LogP contribution in [0.15, 0.2) is 75.9 Å². The fourth-order valence-electron chi connectivity index (χ4n) is 6.08. The average molecular weight is 1110 g/mol. The van der Waals surface area contributed by atoms with E-state index in [0.717, 1.165) is 11.5 Å². The van der Waals surface area contributed by atoms with Crippen LogP contribution in [0, 0.1) is 0 Å². The molecule has 7 rings (SSSR count). The van der Waals surface area contributed by atoms with Gasteiger partial charge >= 0.3 is 0 Å². The third-order valence-electron chi connectivity index (χ3n) is 9.35. The van der Waals surface area contributed by atoms with Crippen LogP contribution in [-0.4, -0.2) is 23.0 Å². The first-order chi connectivity index (χ1) is 30.0. The van der Waals surface area contributed by atoms with E-state index < -0.39 is 0 Å². The Balaban J connectivity index is 0.878. The van der Waals surface area contributed by atoms with Gasteiger partial charge in [-0.25, -0.2) is 0 Å². The van der Waals surface area contributed by atoms with E-state index in [4.69, 9.17) is 4.42 Å². The maximum Gasteiger partial charge on any atom is 0.129 e. The topological polar surface area (TPSA) is 13.1 Å². The summed E-state index contributed by atoms with van der Waals surface area (Å²) in [6.07, 6.45) is 25.9. The van der Waals surface area contributed by atoms with Gasteiger partial charge in [0.05, 0.1) is 59.3 Å². The molecule has 0 spiro atoms. The molecule has 1 aromatic heterocycles. The molecule has 0 saturated heterocycles. The molecule has 334 valence electrons. The van der Waals surface area contributed by atoms with Crippen molar-refractivity contribution in [1.82, 2.24) is 0 Å². The number of unbranched alkanes of at least 4 members (excludes halogenated alkanes) is 12. The van der Waals surface area contributed by atoms with Gasteiger partial charge in [0.2, 0.25) is 0 Å². The molecule has 1 aromatic rings. The molecule has 0 N–H and O–H groups in total. The van der Waals surface area contributed by atoms with Crippen LogP contribution in [0.4, 0.5) is 0 Å². The van der Waals surface area contributed by atoms with Crippen LogP contribution in [0.3, 0.4) is 0 Å². The quantitative estimate of drug-likeness (QED) is 0.0817. The van der Waals surface area contributed by atoms with Gasteiger partial charge in [-0.05, 0) is 60.8 Å². The highest BCUT2D eigenvalue weighted by molar-refractivity contribution is 8.51. The molecule has 0 saturated carbocycles. The molecule has 17 heteroatoms. The highest BCUT2D eigenvalue weighted by atomic mass is 32.3. The zero-order valence-electron chi connectivity index (χ0n) is 35.4. The molecule has 7 heterocycles. The first kappa shape index (κ1) is 51.6. The smallest absolute Gasteiger partial charge is 0.129 e. The second-order valence-electron chi connectivity index (χ2n) is 14.5. The Bertz CT molecular complexity index is 1700. The van der Waals surface area contributed by atoms with Crippen molar-refractivity contribution >= 4 is 200 Å². The average Bonchev–Trinajstić information content (AvgIpc) is 4.12. The Kier molecular flexibility index (Phi) is 24.1. The summed E-state index contributed by atoms with van der Waals surface area (Å²) in [5.74, 6) is 6.86. The Morgan fingerprint density at radius 2 is 0.607 bits per heavy atom. The van der Waals surface area contributed by atoms with E-state index in [-0.39, 0.29) is 0 Å². The highest BCUT2D eigenvalue weighted by Crippen LogP contribution is 2.72. The summed E-state index contributed by atoms with van der Waals surface area (Å²) in [7, 11) is 0.